The number of hydrogen-bond acceptors (Lipinski definition) is 2. The van der Waals surface area contributed by atoms with Gasteiger partial charge in [-0.1, -0.05) is 23.7 Å². The Morgan fingerprint density at radius 2 is 1.78 bits per heavy atom. The summed E-state index contributed by atoms with van der Waals surface area (Å²) < 4.78 is 38.7. The SMILES string of the molecule is O=C(/C=C/c1ccc(O)cc1)Nc1ccc(Cl)cc1C(F)(F)F. The molecule has 120 valence electrons. The fourth-order valence-electron chi connectivity index (χ4n) is 1.79. The summed E-state index contributed by atoms with van der Waals surface area (Å²) >= 11 is 5.57. The van der Waals surface area contributed by atoms with Gasteiger partial charge in [-0.3, -0.25) is 4.79 Å². The largest absolute Gasteiger partial charge is 0.508 e. The Kier molecular flexibility index (Phi) is 4.95. The Morgan fingerprint density at radius 3 is 2.39 bits per heavy atom. The van der Waals surface area contributed by atoms with Gasteiger partial charge in [0.05, 0.1) is 11.3 Å². The number of phenols is 1. The lowest BCUT2D eigenvalue weighted by atomic mass is 10.1. The molecular formula is C16H11ClF3NO2. The molecule has 23 heavy (non-hydrogen) atoms. The van der Waals surface area contributed by atoms with E-state index >= 15 is 0 Å². The van der Waals surface area contributed by atoms with Crippen molar-refractivity contribution in [2.24, 2.45) is 0 Å². The highest BCUT2D eigenvalue weighted by Gasteiger charge is 2.34. The van der Waals surface area contributed by atoms with E-state index in [2.05, 4.69) is 5.32 Å². The number of carbonyl (C=O) groups excluding carboxylic acids is 1. The van der Waals surface area contributed by atoms with Crippen LogP contribution in [0.25, 0.3) is 6.08 Å². The first-order valence-electron chi connectivity index (χ1n) is 6.40. The third-order valence-electron chi connectivity index (χ3n) is 2.87. The number of amides is 1. The molecule has 0 saturated heterocycles. The summed E-state index contributed by atoms with van der Waals surface area (Å²) in [4.78, 5) is 11.8. The minimum Gasteiger partial charge on any atom is -0.508 e. The third-order valence-corrected chi connectivity index (χ3v) is 3.10. The van der Waals surface area contributed by atoms with Crippen LogP contribution in [0.5, 0.6) is 5.75 Å². The Hall–Kier alpha value is -2.47. The molecule has 1 amide bonds. The topological polar surface area (TPSA) is 49.3 Å². The number of anilines is 1. The molecule has 2 N–H and O–H groups in total. The van der Waals surface area contributed by atoms with E-state index in [0.29, 0.717) is 5.56 Å². The van der Waals surface area contributed by atoms with Gasteiger partial charge in [0.2, 0.25) is 5.91 Å². The van der Waals surface area contributed by atoms with Crippen molar-refractivity contribution < 1.29 is 23.1 Å². The van der Waals surface area contributed by atoms with Crippen molar-refractivity contribution in [2.45, 2.75) is 6.18 Å². The van der Waals surface area contributed by atoms with Gasteiger partial charge in [-0.2, -0.15) is 13.2 Å². The van der Waals surface area contributed by atoms with Crippen molar-refractivity contribution in [3.8, 4) is 5.75 Å². The summed E-state index contributed by atoms with van der Waals surface area (Å²) in [7, 11) is 0. The van der Waals surface area contributed by atoms with Crippen molar-refractivity contribution in [3.63, 3.8) is 0 Å². The van der Waals surface area contributed by atoms with Crippen molar-refractivity contribution in [2.75, 3.05) is 5.32 Å². The molecule has 0 aliphatic carbocycles. The van der Waals surface area contributed by atoms with E-state index in [1.54, 1.807) is 12.1 Å². The van der Waals surface area contributed by atoms with Crippen LogP contribution in [0.1, 0.15) is 11.1 Å². The van der Waals surface area contributed by atoms with E-state index in [1.165, 1.54) is 24.3 Å². The van der Waals surface area contributed by atoms with E-state index in [0.717, 1.165) is 18.2 Å². The third kappa shape index (κ3) is 4.75. The van der Waals surface area contributed by atoms with Gasteiger partial charge in [0.15, 0.2) is 0 Å². The smallest absolute Gasteiger partial charge is 0.418 e. The maximum atomic E-state index is 12.9. The quantitative estimate of drug-likeness (QED) is 0.794. The highest BCUT2D eigenvalue weighted by molar-refractivity contribution is 6.30. The summed E-state index contributed by atoms with van der Waals surface area (Å²) in [6, 6.07) is 9.08. The highest BCUT2D eigenvalue weighted by Crippen LogP contribution is 2.36. The molecule has 0 bridgehead atoms. The monoisotopic (exact) mass is 341 g/mol. The Labute approximate surface area is 135 Å². The maximum absolute atomic E-state index is 12.9. The number of carbonyl (C=O) groups is 1. The molecule has 0 saturated carbocycles. The lowest BCUT2D eigenvalue weighted by molar-refractivity contribution is -0.136. The van der Waals surface area contributed by atoms with Crippen molar-refractivity contribution in [3.05, 3.63) is 64.7 Å². The first-order valence-corrected chi connectivity index (χ1v) is 6.78. The fourth-order valence-corrected chi connectivity index (χ4v) is 1.96. The molecule has 3 nitrogen and oxygen atoms in total. The van der Waals surface area contributed by atoms with Crippen LogP contribution in [-0.2, 0) is 11.0 Å². The van der Waals surface area contributed by atoms with E-state index in [1.807, 2.05) is 0 Å². The van der Waals surface area contributed by atoms with Gasteiger partial charge in [0, 0.05) is 11.1 Å². The number of alkyl halides is 3. The molecule has 0 aromatic heterocycles. The zero-order valence-corrected chi connectivity index (χ0v) is 12.3. The standard InChI is InChI=1S/C16H11ClF3NO2/c17-11-4-7-14(13(9-11)16(18,19)20)21-15(23)8-3-10-1-5-12(22)6-2-10/h1-9,22H,(H,21,23)/b8-3+. The van der Waals surface area contributed by atoms with Crippen LogP contribution in [0.4, 0.5) is 18.9 Å². The van der Waals surface area contributed by atoms with Gasteiger partial charge in [-0.05, 0) is 42.0 Å². The van der Waals surface area contributed by atoms with Gasteiger partial charge in [-0.15, -0.1) is 0 Å². The summed E-state index contributed by atoms with van der Waals surface area (Å²) in [5, 5.41) is 11.2. The van der Waals surface area contributed by atoms with Gasteiger partial charge in [0.1, 0.15) is 5.75 Å². The molecule has 0 aliphatic heterocycles. The minimum atomic E-state index is -4.63. The average Bonchev–Trinajstić information content (AvgIpc) is 2.47. The molecule has 0 spiro atoms. The normalized spacial score (nSPS) is 11.7. The molecule has 0 radical (unpaired) electrons. The van der Waals surface area contributed by atoms with Crippen LogP contribution in [0.15, 0.2) is 48.5 Å². The Bertz CT molecular complexity index is 740. The number of phenolic OH excluding ortho intramolecular Hbond substituents is 1. The molecule has 0 fully saturated rings. The van der Waals surface area contributed by atoms with E-state index in [9.17, 15) is 18.0 Å². The van der Waals surface area contributed by atoms with Crippen molar-refractivity contribution in [1.82, 2.24) is 0 Å². The second-order valence-corrected chi connectivity index (χ2v) is 5.04. The zero-order chi connectivity index (χ0) is 17.0. The van der Waals surface area contributed by atoms with Crippen LogP contribution in [0.3, 0.4) is 0 Å². The average molecular weight is 342 g/mol. The maximum Gasteiger partial charge on any atom is 0.418 e. The summed E-state index contributed by atoms with van der Waals surface area (Å²) in [6.45, 7) is 0. The van der Waals surface area contributed by atoms with E-state index in [4.69, 9.17) is 16.7 Å². The van der Waals surface area contributed by atoms with Crippen LogP contribution < -0.4 is 5.32 Å². The van der Waals surface area contributed by atoms with Crippen molar-refractivity contribution in [1.29, 1.82) is 0 Å². The number of halogens is 4. The summed E-state index contributed by atoms with van der Waals surface area (Å²) in [5.74, 6) is -0.645. The number of aromatic hydroxyl groups is 1. The van der Waals surface area contributed by atoms with E-state index < -0.39 is 17.6 Å². The molecule has 7 heteroatoms. The number of hydrogen-bond donors (Lipinski definition) is 2. The zero-order valence-electron chi connectivity index (χ0n) is 11.6. The van der Waals surface area contributed by atoms with Crippen LogP contribution in [0.2, 0.25) is 5.02 Å². The minimum absolute atomic E-state index is 0.0718. The van der Waals surface area contributed by atoms with Gasteiger partial charge < -0.3 is 10.4 Å². The second kappa shape index (κ2) is 6.75. The molecule has 0 aliphatic rings. The first kappa shape index (κ1) is 16.9. The van der Waals surface area contributed by atoms with Gasteiger partial charge >= 0.3 is 6.18 Å². The lowest BCUT2D eigenvalue weighted by Crippen LogP contribution is -2.14. The van der Waals surface area contributed by atoms with Crippen LogP contribution in [0, 0.1) is 0 Å². The first-order chi connectivity index (χ1) is 10.8. The molecule has 2 rings (SSSR count). The summed E-state index contributed by atoms with van der Waals surface area (Å²) in [5.41, 5.74) is -0.774. The number of rotatable bonds is 3. The fraction of sp³-hybridized carbons (Fsp3) is 0.0625. The van der Waals surface area contributed by atoms with Crippen molar-refractivity contribution >= 4 is 29.3 Å². The molecular weight excluding hydrogens is 331 g/mol. The Morgan fingerprint density at radius 1 is 1.13 bits per heavy atom. The molecule has 2 aromatic rings. The molecule has 0 heterocycles. The van der Waals surface area contributed by atoms with Crippen LogP contribution in [-0.4, -0.2) is 11.0 Å². The number of nitrogens with one attached hydrogen (secondary N) is 1. The predicted octanol–water partition coefficient (Wildman–Crippen LogP) is 4.72. The molecule has 0 atom stereocenters. The van der Waals surface area contributed by atoms with Gasteiger partial charge in [0.25, 0.3) is 0 Å². The highest BCUT2D eigenvalue weighted by atomic mass is 35.5. The van der Waals surface area contributed by atoms with Crippen LogP contribution >= 0.6 is 11.6 Å². The Balaban J connectivity index is 2.16. The number of benzene rings is 2. The van der Waals surface area contributed by atoms with E-state index in [-0.39, 0.29) is 16.5 Å². The van der Waals surface area contributed by atoms with Gasteiger partial charge in [-0.25, -0.2) is 0 Å². The second-order valence-electron chi connectivity index (χ2n) is 4.60. The lowest BCUT2D eigenvalue weighted by Gasteiger charge is -2.13. The molecule has 2 aromatic carbocycles. The summed E-state index contributed by atoms with van der Waals surface area (Å²) in [6.07, 6.45) is -2.12. The predicted molar refractivity (Wildman–Crippen MR) is 82.2 cm³/mol. The molecule has 0 unspecified atom stereocenters.